The van der Waals surface area contributed by atoms with Crippen molar-refractivity contribution in [2.24, 2.45) is 5.92 Å². The first-order chi connectivity index (χ1) is 4.18. The van der Waals surface area contributed by atoms with Crippen LogP contribution in [0.5, 0.6) is 0 Å². The molecule has 2 heteroatoms. The van der Waals surface area contributed by atoms with E-state index in [1.807, 2.05) is 0 Å². The second kappa shape index (κ2) is 2.74. The fourth-order valence-corrected chi connectivity index (χ4v) is 2.48. The third-order valence-corrected chi connectivity index (χ3v) is 2.71. The summed E-state index contributed by atoms with van der Waals surface area (Å²) in [7, 11) is 0. The Morgan fingerprint density at radius 2 is 2.11 bits per heavy atom. The molecule has 0 aromatic carbocycles. The number of carbonyl (C=O) groups excluding carboxylic acids is 1. The minimum atomic E-state index is 0.270. The van der Waals surface area contributed by atoms with Crippen LogP contribution in [0.1, 0.15) is 26.7 Å². The van der Waals surface area contributed by atoms with E-state index in [4.69, 9.17) is 0 Å². The molecular formula is C7H12OS. The van der Waals surface area contributed by atoms with Crippen molar-refractivity contribution >= 4 is 16.9 Å². The quantitative estimate of drug-likeness (QED) is 0.560. The maximum atomic E-state index is 10.5. The van der Waals surface area contributed by atoms with Crippen molar-refractivity contribution in [1.29, 1.82) is 0 Å². The molecule has 0 bridgehead atoms. The Hall–Kier alpha value is 0.0200. The normalized spacial score (nSPS) is 33.6. The molecule has 0 N–H and O–H groups in total. The average Bonchev–Trinajstić information content (AvgIpc) is 1.60. The van der Waals surface area contributed by atoms with E-state index in [-0.39, 0.29) is 5.12 Å². The van der Waals surface area contributed by atoms with Crippen LogP contribution in [0.2, 0.25) is 0 Å². The number of hydrogen-bond donors (Lipinski definition) is 0. The van der Waals surface area contributed by atoms with Gasteiger partial charge in [-0.3, -0.25) is 4.79 Å². The highest BCUT2D eigenvalue weighted by molar-refractivity contribution is 8.14. The molecule has 0 atom stereocenters. The van der Waals surface area contributed by atoms with Gasteiger partial charge in [0, 0.05) is 12.2 Å². The van der Waals surface area contributed by atoms with Crippen LogP contribution >= 0.6 is 11.8 Å². The van der Waals surface area contributed by atoms with Crippen LogP contribution in [-0.4, -0.2) is 10.4 Å². The Morgan fingerprint density at radius 1 is 1.56 bits per heavy atom. The first kappa shape index (κ1) is 7.13. The largest absolute Gasteiger partial charge is 0.288 e. The minimum Gasteiger partial charge on any atom is -0.288 e. The maximum absolute atomic E-state index is 10.5. The van der Waals surface area contributed by atoms with Crippen LogP contribution in [0.4, 0.5) is 0 Å². The minimum absolute atomic E-state index is 0.270. The topological polar surface area (TPSA) is 17.1 Å². The second-order valence-corrected chi connectivity index (χ2v) is 4.29. The average molecular weight is 144 g/mol. The summed E-state index contributed by atoms with van der Waals surface area (Å²) in [5, 5.41) is 0.921. The molecule has 1 aliphatic rings. The van der Waals surface area contributed by atoms with E-state index in [1.165, 1.54) is 24.6 Å². The molecule has 0 aromatic rings. The molecule has 9 heavy (non-hydrogen) atoms. The molecule has 0 aromatic heterocycles. The van der Waals surface area contributed by atoms with Crippen LogP contribution < -0.4 is 0 Å². The molecular weight excluding hydrogens is 132 g/mol. The third-order valence-electron chi connectivity index (χ3n) is 1.66. The van der Waals surface area contributed by atoms with Gasteiger partial charge in [-0.15, -0.1) is 0 Å². The molecule has 0 amide bonds. The summed E-state index contributed by atoms with van der Waals surface area (Å²) in [5.41, 5.74) is 0. The second-order valence-electron chi connectivity index (χ2n) is 2.81. The molecule has 1 fully saturated rings. The predicted octanol–water partition coefficient (Wildman–Crippen LogP) is 2.06. The van der Waals surface area contributed by atoms with Crippen molar-refractivity contribution in [1.82, 2.24) is 0 Å². The zero-order valence-electron chi connectivity index (χ0n) is 5.89. The molecule has 0 spiro atoms. The van der Waals surface area contributed by atoms with Gasteiger partial charge < -0.3 is 0 Å². The van der Waals surface area contributed by atoms with E-state index in [9.17, 15) is 4.79 Å². The van der Waals surface area contributed by atoms with Crippen molar-refractivity contribution in [2.45, 2.75) is 31.9 Å². The molecule has 0 heterocycles. The lowest BCUT2D eigenvalue weighted by Crippen LogP contribution is -2.24. The SMILES string of the molecule is CC(=O)SC1CC(C)C1. The van der Waals surface area contributed by atoms with Crippen LogP contribution in [-0.2, 0) is 4.79 Å². The molecule has 1 saturated carbocycles. The Labute approximate surface area is 60.2 Å². The highest BCUT2D eigenvalue weighted by Crippen LogP contribution is 2.36. The molecule has 0 aliphatic heterocycles. The first-order valence-corrected chi connectivity index (χ1v) is 4.23. The third kappa shape index (κ3) is 2.01. The van der Waals surface area contributed by atoms with Gasteiger partial charge in [-0.2, -0.15) is 0 Å². The Kier molecular flexibility index (Phi) is 2.17. The van der Waals surface area contributed by atoms with E-state index in [0.29, 0.717) is 5.25 Å². The molecule has 0 saturated heterocycles. The summed E-state index contributed by atoms with van der Waals surface area (Å²) in [4.78, 5) is 10.5. The number of carbonyl (C=O) groups is 1. The van der Waals surface area contributed by atoms with Gasteiger partial charge in [-0.05, 0) is 18.8 Å². The van der Waals surface area contributed by atoms with Crippen molar-refractivity contribution in [2.75, 3.05) is 0 Å². The lowest BCUT2D eigenvalue weighted by Gasteiger charge is -2.30. The van der Waals surface area contributed by atoms with Crippen LogP contribution in [0.3, 0.4) is 0 Å². The smallest absolute Gasteiger partial charge is 0.186 e. The van der Waals surface area contributed by atoms with Crippen molar-refractivity contribution in [3.63, 3.8) is 0 Å². The standard InChI is InChI=1S/C7H12OS/c1-5-3-7(4-5)9-6(2)8/h5,7H,3-4H2,1-2H3. The molecule has 1 nitrogen and oxygen atoms in total. The maximum Gasteiger partial charge on any atom is 0.186 e. The lowest BCUT2D eigenvalue weighted by molar-refractivity contribution is -0.109. The van der Waals surface area contributed by atoms with Crippen molar-refractivity contribution in [3.05, 3.63) is 0 Å². The summed E-state index contributed by atoms with van der Waals surface area (Å²) in [6, 6.07) is 0. The lowest BCUT2D eigenvalue weighted by atomic mass is 9.87. The summed E-state index contributed by atoms with van der Waals surface area (Å²) in [6.45, 7) is 3.88. The fraction of sp³-hybridized carbons (Fsp3) is 0.857. The number of rotatable bonds is 1. The van der Waals surface area contributed by atoms with Gasteiger partial charge in [-0.1, -0.05) is 18.7 Å². The zero-order chi connectivity index (χ0) is 6.85. The highest BCUT2D eigenvalue weighted by Gasteiger charge is 2.26. The van der Waals surface area contributed by atoms with Gasteiger partial charge >= 0.3 is 0 Å². The Balaban J connectivity index is 2.11. The van der Waals surface area contributed by atoms with Gasteiger partial charge in [0.15, 0.2) is 5.12 Å². The van der Waals surface area contributed by atoms with Gasteiger partial charge in [0.1, 0.15) is 0 Å². The van der Waals surface area contributed by atoms with E-state index in [0.717, 1.165) is 5.92 Å². The molecule has 1 rings (SSSR count). The van der Waals surface area contributed by atoms with Crippen molar-refractivity contribution in [3.8, 4) is 0 Å². The highest BCUT2D eigenvalue weighted by atomic mass is 32.2. The zero-order valence-corrected chi connectivity index (χ0v) is 6.70. The van der Waals surface area contributed by atoms with Gasteiger partial charge in [0.2, 0.25) is 0 Å². The van der Waals surface area contributed by atoms with Gasteiger partial charge in [0.25, 0.3) is 0 Å². The first-order valence-electron chi connectivity index (χ1n) is 3.35. The molecule has 0 unspecified atom stereocenters. The Bertz CT molecular complexity index is 116. The molecule has 1 aliphatic carbocycles. The number of thioether (sulfide) groups is 1. The van der Waals surface area contributed by atoms with E-state index in [1.54, 1.807) is 6.92 Å². The van der Waals surface area contributed by atoms with Crippen LogP contribution in [0.25, 0.3) is 0 Å². The summed E-state index contributed by atoms with van der Waals surface area (Å²) in [6.07, 6.45) is 2.48. The summed E-state index contributed by atoms with van der Waals surface area (Å²) < 4.78 is 0. The van der Waals surface area contributed by atoms with Crippen molar-refractivity contribution < 1.29 is 4.79 Å². The number of hydrogen-bond acceptors (Lipinski definition) is 2. The van der Waals surface area contributed by atoms with Gasteiger partial charge in [-0.25, -0.2) is 0 Å². The summed E-state index contributed by atoms with van der Waals surface area (Å²) >= 11 is 1.51. The van der Waals surface area contributed by atoms with E-state index >= 15 is 0 Å². The summed E-state index contributed by atoms with van der Waals surface area (Å²) in [5.74, 6) is 0.863. The van der Waals surface area contributed by atoms with Crippen LogP contribution in [0.15, 0.2) is 0 Å². The fourth-order valence-electron chi connectivity index (χ4n) is 1.16. The predicted molar refractivity (Wildman–Crippen MR) is 40.5 cm³/mol. The Morgan fingerprint density at radius 3 is 2.44 bits per heavy atom. The van der Waals surface area contributed by atoms with E-state index in [2.05, 4.69) is 6.92 Å². The monoisotopic (exact) mass is 144 g/mol. The van der Waals surface area contributed by atoms with Crippen LogP contribution in [0, 0.1) is 5.92 Å². The van der Waals surface area contributed by atoms with Gasteiger partial charge in [0.05, 0.1) is 0 Å². The van der Waals surface area contributed by atoms with E-state index < -0.39 is 0 Å². The molecule has 0 radical (unpaired) electrons. The molecule has 52 valence electrons.